The highest BCUT2D eigenvalue weighted by molar-refractivity contribution is 5.72. The van der Waals surface area contributed by atoms with Crippen LogP contribution >= 0.6 is 0 Å². The minimum absolute atomic E-state index is 0.0789. The molecule has 0 bridgehead atoms. The fraction of sp³-hybridized carbons (Fsp3) is 0.250. The van der Waals surface area contributed by atoms with Gasteiger partial charge >= 0.3 is 0 Å². The minimum atomic E-state index is -0.261. The number of hydrogen-bond donors (Lipinski definition) is 1. The Kier molecular flexibility index (Phi) is 5.80. The number of nitrogens with one attached hydrogen (secondary N) is 1. The molecule has 0 atom stereocenters. The quantitative estimate of drug-likeness (QED) is 0.651. The Morgan fingerprint density at radius 1 is 1.15 bits per heavy atom. The molecular formula is C20H21FN4O2. The van der Waals surface area contributed by atoms with E-state index in [2.05, 4.69) is 15.4 Å². The van der Waals surface area contributed by atoms with E-state index in [1.165, 1.54) is 19.1 Å². The van der Waals surface area contributed by atoms with Gasteiger partial charge in [-0.25, -0.2) is 14.1 Å². The van der Waals surface area contributed by atoms with E-state index in [4.69, 9.17) is 4.74 Å². The molecule has 3 rings (SSSR count). The Morgan fingerprint density at radius 3 is 2.52 bits per heavy atom. The van der Waals surface area contributed by atoms with E-state index < -0.39 is 0 Å². The second-order valence-corrected chi connectivity index (χ2v) is 6.12. The second kappa shape index (κ2) is 8.44. The molecule has 1 amide bonds. The lowest BCUT2D eigenvalue weighted by molar-refractivity contribution is -0.119. The van der Waals surface area contributed by atoms with E-state index in [9.17, 15) is 9.18 Å². The second-order valence-electron chi connectivity index (χ2n) is 6.12. The first kappa shape index (κ1) is 18.6. The van der Waals surface area contributed by atoms with Crippen molar-refractivity contribution >= 4 is 5.91 Å². The van der Waals surface area contributed by atoms with Crippen molar-refractivity contribution < 1.29 is 13.9 Å². The summed E-state index contributed by atoms with van der Waals surface area (Å²) in [6.07, 6.45) is 0. The molecule has 1 aromatic heterocycles. The zero-order valence-corrected chi connectivity index (χ0v) is 15.3. The summed E-state index contributed by atoms with van der Waals surface area (Å²) in [5.74, 6) is 1.78. The molecule has 3 aromatic rings. The summed E-state index contributed by atoms with van der Waals surface area (Å²) in [6, 6.07) is 13.9. The highest BCUT2D eigenvalue weighted by Gasteiger charge is 2.11. The van der Waals surface area contributed by atoms with Crippen LogP contribution in [0.15, 0.2) is 48.5 Å². The molecule has 7 heteroatoms. The van der Waals surface area contributed by atoms with Crippen molar-refractivity contribution in [2.45, 2.75) is 20.4 Å². The lowest BCUT2D eigenvalue weighted by Crippen LogP contribution is -2.25. The third kappa shape index (κ3) is 5.13. The van der Waals surface area contributed by atoms with Crippen LogP contribution in [0.2, 0.25) is 0 Å². The zero-order chi connectivity index (χ0) is 19.2. The van der Waals surface area contributed by atoms with Gasteiger partial charge in [0.2, 0.25) is 5.91 Å². The number of nitrogens with zero attached hydrogens (tertiary/aromatic N) is 3. The molecule has 0 saturated heterocycles. The number of amides is 1. The van der Waals surface area contributed by atoms with Gasteiger partial charge in [-0.1, -0.05) is 12.1 Å². The molecule has 0 unspecified atom stereocenters. The average molecular weight is 368 g/mol. The zero-order valence-electron chi connectivity index (χ0n) is 15.3. The predicted molar refractivity (Wildman–Crippen MR) is 99.9 cm³/mol. The summed E-state index contributed by atoms with van der Waals surface area (Å²) in [6.45, 7) is 4.68. The molecular weight excluding hydrogens is 347 g/mol. The third-order valence-electron chi connectivity index (χ3n) is 3.88. The number of ether oxygens (including phenoxy) is 1. The van der Waals surface area contributed by atoms with Gasteiger partial charge in [0.15, 0.2) is 5.82 Å². The largest absolute Gasteiger partial charge is 0.492 e. The van der Waals surface area contributed by atoms with Crippen LogP contribution in [0.3, 0.4) is 0 Å². The topological polar surface area (TPSA) is 69.0 Å². The number of aromatic nitrogens is 3. The molecule has 6 nitrogen and oxygen atoms in total. The molecule has 0 saturated carbocycles. The smallest absolute Gasteiger partial charge is 0.216 e. The number of carbonyl (C=O) groups excluding carboxylic acids is 1. The van der Waals surface area contributed by atoms with Crippen LogP contribution in [0.1, 0.15) is 18.3 Å². The fourth-order valence-corrected chi connectivity index (χ4v) is 2.64. The molecule has 0 spiro atoms. The number of hydrogen-bond acceptors (Lipinski definition) is 4. The van der Waals surface area contributed by atoms with Crippen molar-refractivity contribution in [3.8, 4) is 17.1 Å². The molecule has 0 aliphatic rings. The SMILES string of the molecule is CC(=O)NCCOc1ccc(-c2nc(C)nn2Cc2ccc(F)cc2)cc1. The van der Waals surface area contributed by atoms with Gasteiger partial charge in [-0.2, -0.15) is 5.10 Å². The highest BCUT2D eigenvalue weighted by Crippen LogP contribution is 2.22. The Hall–Kier alpha value is -3.22. The van der Waals surface area contributed by atoms with Crippen molar-refractivity contribution in [1.29, 1.82) is 0 Å². The van der Waals surface area contributed by atoms with E-state index in [1.54, 1.807) is 16.8 Å². The molecule has 0 aliphatic heterocycles. The van der Waals surface area contributed by atoms with Gasteiger partial charge in [0.1, 0.15) is 24.0 Å². The van der Waals surface area contributed by atoms with Gasteiger partial charge in [0.25, 0.3) is 0 Å². The predicted octanol–water partition coefficient (Wildman–Crippen LogP) is 2.96. The van der Waals surface area contributed by atoms with Gasteiger partial charge in [-0.3, -0.25) is 4.79 Å². The van der Waals surface area contributed by atoms with Gasteiger partial charge in [0.05, 0.1) is 13.1 Å². The number of halogens is 1. The normalized spacial score (nSPS) is 10.6. The van der Waals surface area contributed by atoms with Gasteiger partial charge in [-0.15, -0.1) is 0 Å². The maximum absolute atomic E-state index is 13.1. The first-order valence-electron chi connectivity index (χ1n) is 8.65. The molecule has 0 radical (unpaired) electrons. The molecule has 2 aromatic carbocycles. The molecule has 140 valence electrons. The van der Waals surface area contributed by atoms with Crippen LogP contribution in [0, 0.1) is 12.7 Å². The van der Waals surface area contributed by atoms with E-state index in [-0.39, 0.29) is 11.7 Å². The van der Waals surface area contributed by atoms with Crippen LogP contribution in [-0.4, -0.2) is 33.8 Å². The van der Waals surface area contributed by atoms with E-state index in [0.717, 1.165) is 17.0 Å². The number of aryl methyl sites for hydroxylation is 1. The maximum atomic E-state index is 13.1. The summed E-state index contributed by atoms with van der Waals surface area (Å²) in [4.78, 5) is 15.3. The van der Waals surface area contributed by atoms with Crippen LogP contribution in [0.4, 0.5) is 4.39 Å². The first-order valence-corrected chi connectivity index (χ1v) is 8.65. The summed E-state index contributed by atoms with van der Waals surface area (Å²) in [7, 11) is 0. The highest BCUT2D eigenvalue weighted by atomic mass is 19.1. The van der Waals surface area contributed by atoms with Crippen molar-refractivity contribution in [2.24, 2.45) is 0 Å². The van der Waals surface area contributed by atoms with Gasteiger partial charge < -0.3 is 10.1 Å². The molecule has 0 aliphatic carbocycles. The summed E-state index contributed by atoms with van der Waals surface area (Å²) < 4.78 is 20.5. The summed E-state index contributed by atoms with van der Waals surface area (Å²) >= 11 is 0. The molecule has 1 heterocycles. The lowest BCUT2D eigenvalue weighted by Gasteiger charge is -2.09. The number of rotatable bonds is 7. The van der Waals surface area contributed by atoms with E-state index in [1.807, 2.05) is 31.2 Å². The number of benzene rings is 2. The standard InChI is InChI=1S/C20H21FN4O2/c1-14-23-20(25(24-14)13-16-3-7-18(21)8-4-16)17-5-9-19(10-6-17)27-12-11-22-15(2)26/h3-10H,11-13H2,1-2H3,(H,22,26). The lowest BCUT2D eigenvalue weighted by atomic mass is 10.2. The van der Waals surface area contributed by atoms with Gasteiger partial charge in [0, 0.05) is 12.5 Å². The molecule has 0 fully saturated rings. The van der Waals surface area contributed by atoms with Gasteiger partial charge in [-0.05, 0) is 48.9 Å². The van der Waals surface area contributed by atoms with E-state index in [0.29, 0.717) is 31.3 Å². The van der Waals surface area contributed by atoms with Crippen molar-refractivity contribution in [1.82, 2.24) is 20.1 Å². The van der Waals surface area contributed by atoms with Crippen LogP contribution in [-0.2, 0) is 11.3 Å². The third-order valence-corrected chi connectivity index (χ3v) is 3.88. The maximum Gasteiger partial charge on any atom is 0.216 e. The Bertz CT molecular complexity index is 905. The Labute approximate surface area is 157 Å². The summed E-state index contributed by atoms with van der Waals surface area (Å²) in [5, 5.41) is 7.13. The average Bonchev–Trinajstić information content (AvgIpc) is 3.01. The van der Waals surface area contributed by atoms with Crippen LogP contribution < -0.4 is 10.1 Å². The molecule has 27 heavy (non-hydrogen) atoms. The minimum Gasteiger partial charge on any atom is -0.492 e. The van der Waals surface area contributed by atoms with Crippen LogP contribution in [0.5, 0.6) is 5.75 Å². The van der Waals surface area contributed by atoms with E-state index >= 15 is 0 Å². The number of carbonyl (C=O) groups is 1. The Balaban J connectivity index is 1.70. The monoisotopic (exact) mass is 368 g/mol. The van der Waals surface area contributed by atoms with Crippen molar-refractivity contribution in [3.05, 3.63) is 65.7 Å². The van der Waals surface area contributed by atoms with Crippen molar-refractivity contribution in [2.75, 3.05) is 13.2 Å². The summed E-state index contributed by atoms with van der Waals surface area (Å²) in [5.41, 5.74) is 1.85. The first-order chi connectivity index (χ1) is 13.0. The van der Waals surface area contributed by atoms with Crippen LogP contribution in [0.25, 0.3) is 11.4 Å². The fourth-order valence-electron chi connectivity index (χ4n) is 2.64. The molecule has 1 N–H and O–H groups in total. The Morgan fingerprint density at radius 2 is 1.85 bits per heavy atom. The van der Waals surface area contributed by atoms with Crippen molar-refractivity contribution in [3.63, 3.8) is 0 Å².